The van der Waals surface area contributed by atoms with Gasteiger partial charge in [-0.1, -0.05) is 13.8 Å². The molecule has 1 N–H and O–H groups in total. The molecule has 0 aliphatic rings. The molecule has 0 radical (unpaired) electrons. The number of fused-ring (bicyclic) bond motifs is 1. The van der Waals surface area contributed by atoms with Crippen molar-refractivity contribution < 1.29 is 1.43 Å². The zero-order valence-electron chi connectivity index (χ0n) is 8.26. The quantitative estimate of drug-likeness (QED) is 0.710. The summed E-state index contributed by atoms with van der Waals surface area (Å²) in [6, 6.07) is 4.25. The number of rotatable bonds is 1. The van der Waals surface area contributed by atoms with Gasteiger partial charge in [0.05, 0.1) is 0 Å². The Hall–Kier alpha value is -1.31. The summed E-state index contributed by atoms with van der Waals surface area (Å²) in [5.74, 6) is 0.494. The van der Waals surface area contributed by atoms with Crippen molar-refractivity contribution in [1.29, 1.82) is 0 Å². The molecule has 0 saturated carbocycles. The molecule has 0 unspecified atom stereocenters. The van der Waals surface area contributed by atoms with Gasteiger partial charge in [0.2, 0.25) is 0 Å². The molecule has 70 valence electrons. The van der Waals surface area contributed by atoms with Crippen LogP contribution in [0.15, 0.2) is 18.3 Å². The highest BCUT2D eigenvalue weighted by atomic mass is 14.7. The van der Waals surface area contributed by atoms with Gasteiger partial charge in [0.1, 0.15) is 0 Å². The number of pyridine rings is 1. The molecule has 2 aromatic heterocycles. The molecule has 0 fully saturated rings. The van der Waals surface area contributed by atoms with Crippen LogP contribution < -0.4 is 0 Å². The molecular formula is C11H16N2. The van der Waals surface area contributed by atoms with Crippen molar-refractivity contribution in [1.82, 2.24) is 9.97 Å². The summed E-state index contributed by atoms with van der Waals surface area (Å²) in [6.07, 6.45) is 1.94. The van der Waals surface area contributed by atoms with Gasteiger partial charge in [-0.25, -0.2) is 0 Å². The van der Waals surface area contributed by atoms with Gasteiger partial charge in [0.15, 0.2) is 0 Å². The third-order valence-electron chi connectivity index (χ3n) is 2.25. The fourth-order valence-electron chi connectivity index (χ4n) is 1.50. The molecule has 0 amide bonds. The maximum atomic E-state index is 4.40. The highest BCUT2D eigenvalue weighted by molar-refractivity contribution is 5.79. The highest BCUT2D eigenvalue weighted by Crippen LogP contribution is 2.18. The molecule has 0 bridgehead atoms. The second kappa shape index (κ2) is 2.87. The van der Waals surface area contributed by atoms with Crippen LogP contribution in [0.5, 0.6) is 0 Å². The van der Waals surface area contributed by atoms with Crippen molar-refractivity contribution in [2.24, 2.45) is 0 Å². The van der Waals surface area contributed by atoms with Crippen molar-refractivity contribution in [2.75, 3.05) is 0 Å². The van der Waals surface area contributed by atoms with Crippen LogP contribution in [0.25, 0.3) is 10.9 Å². The van der Waals surface area contributed by atoms with E-state index in [4.69, 9.17) is 0 Å². The molecule has 0 atom stereocenters. The van der Waals surface area contributed by atoms with E-state index in [1.165, 1.54) is 16.6 Å². The monoisotopic (exact) mass is 176 g/mol. The van der Waals surface area contributed by atoms with Gasteiger partial charge < -0.3 is 4.98 Å². The molecule has 0 aromatic carbocycles. The van der Waals surface area contributed by atoms with E-state index in [0.717, 1.165) is 5.69 Å². The van der Waals surface area contributed by atoms with Gasteiger partial charge >= 0.3 is 0 Å². The van der Waals surface area contributed by atoms with Gasteiger partial charge in [0.25, 0.3) is 0 Å². The molecule has 2 aromatic rings. The number of aryl methyl sites for hydroxylation is 1. The second-order valence-electron chi connectivity index (χ2n) is 3.80. The molecule has 0 saturated heterocycles. The molecule has 2 heterocycles. The van der Waals surface area contributed by atoms with Gasteiger partial charge in [-0.15, -0.1) is 0 Å². The molecule has 13 heavy (non-hydrogen) atoms. The number of nitrogens with one attached hydrogen (secondary N) is 1. The molecule has 2 rings (SSSR count). The lowest BCUT2D eigenvalue weighted by molar-refractivity contribution is 0.826. The summed E-state index contributed by atoms with van der Waals surface area (Å²) in [6.45, 7) is 6.38. The lowest BCUT2D eigenvalue weighted by atomic mass is 10.1. The van der Waals surface area contributed by atoms with Crippen LogP contribution in [0.3, 0.4) is 0 Å². The summed E-state index contributed by atoms with van der Waals surface area (Å²) in [4.78, 5) is 7.71. The largest absolute Gasteiger partial charge is 0.359 e. The maximum Gasteiger partial charge on any atom is 0.0489 e. The smallest absolute Gasteiger partial charge is 0.0489 e. The third kappa shape index (κ3) is 1.44. The number of H-pyrrole nitrogens is 1. The zero-order valence-corrected chi connectivity index (χ0v) is 8.26. The third-order valence-corrected chi connectivity index (χ3v) is 2.25. The minimum absolute atomic E-state index is 0. The van der Waals surface area contributed by atoms with E-state index in [1.807, 2.05) is 6.20 Å². The Morgan fingerprint density at radius 2 is 2.15 bits per heavy atom. The highest BCUT2D eigenvalue weighted by Gasteiger charge is 2.03. The Morgan fingerprint density at radius 1 is 1.38 bits per heavy atom. The van der Waals surface area contributed by atoms with Crippen molar-refractivity contribution in [2.45, 2.75) is 26.7 Å². The van der Waals surface area contributed by atoms with E-state index in [9.17, 15) is 0 Å². The minimum atomic E-state index is 0. The van der Waals surface area contributed by atoms with Crippen molar-refractivity contribution in [3.05, 3.63) is 29.7 Å². The van der Waals surface area contributed by atoms with Crippen LogP contribution in [-0.4, -0.2) is 9.97 Å². The zero-order chi connectivity index (χ0) is 9.42. The van der Waals surface area contributed by atoms with E-state index in [1.54, 1.807) is 0 Å². The lowest BCUT2D eigenvalue weighted by Gasteiger charge is -2.02. The average molecular weight is 176 g/mol. The normalized spacial score (nSPS) is 11.4. The van der Waals surface area contributed by atoms with Crippen LogP contribution in [0.1, 0.15) is 32.6 Å². The second-order valence-corrected chi connectivity index (χ2v) is 3.80. The standard InChI is InChI=1S/C11H14N2.H2/c1-7(2)10-5-11-9(6-12-10)4-8(3)13-11;/h4-7,13H,1-3H3;1H. The Bertz CT molecular complexity index is 432. The van der Waals surface area contributed by atoms with Crippen LogP contribution in [-0.2, 0) is 0 Å². The van der Waals surface area contributed by atoms with Crippen molar-refractivity contribution >= 4 is 10.9 Å². The van der Waals surface area contributed by atoms with Gasteiger partial charge in [0, 0.05) is 29.9 Å². The van der Waals surface area contributed by atoms with Crippen molar-refractivity contribution in [3.8, 4) is 0 Å². The number of aromatic nitrogens is 2. The molecule has 0 aliphatic carbocycles. The average Bonchev–Trinajstić information content (AvgIpc) is 2.42. The molecule has 2 nitrogen and oxygen atoms in total. The van der Waals surface area contributed by atoms with E-state index in [2.05, 4.69) is 42.9 Å². The Kier molecular flexibility index (Phi) is 1.83. The summed E-state index contributed by atoms with van der Waals surface area (Å²) in [7, 11) is 0. The first-order chi connectivity index (χ1) is 6.16. The number of nitrogens with zero attached hydrogens (tertiary/aromatic N) is 1. The number of hydrogen-bond acceptors (Lipinski definition) is 1. The fourth-order valence-corrected chi connectivity index (χ4v) is 1.50. The summed E-state index contributed by atoms with van der Waals surface area (Å²) in [5, 5.41) is 1.20. The Balaban J connectivity index is 0.000000980. The van der Waals surface area contributed by atoms with Crippen LogP contribution in [0.2, 0.25) is 0 Å². The SMILES string of the molecule is Cc1cc2cnc(C(C)C)cc2[nH]1.[HH]. The van der Waals surface area contributed by atoms with Crippen molar-refractivity contribution in [3.63, 3.8) is 0 Å². The van der Waals surface area contributed by atoms with Crippen LogP contribution >= 0.6 is 0 Å². The first kappa shape index (κ1) is 8.30. The van der Waals surface area contributed by atoms with Crippen LogP contribution in [0.4, 0.5) is 0 Å². The fraction of sp³-hybridized carbons (Fsp3) is 0.364. The summed E-state index contributed by atoms with van der Waals surface area (Å²) < 4.78 is 0. The van der Waals surface area contributed by atoms with E-state index >= 15 is 0 Å². The number of hydrogen-bond donors (Lipinski definition) is 1. The first-order valence-electron chi connectivity index (χ1n) is 4.62. The van der Waals surface area contributed by atoms with Gasteiger partial charge in [-0.3, -0.25) is 4.98 Å². The number of aromatic amines is 1. The first-order valence-corrected chi connectivity index (χ1v) is 4.62. The topological polar surface area (TPSA) is 28.7 Å². The van der Waals surface area contributed by atoms with E-state index in [-0.39, 0.29) is 1.43 Å². The predicted octanol–water partition coefficient (Wildman–Crippen LogP) is 3.24. The van der Waals surface area contributed by atoms with Gasteiger partial charge in [-0.05, 0) is 25.0 Å². The molecule has 2 heteroatoms. The molecular weight excluding hydrogens is 160 g/mol. The van der Waals surface area contributed by atoms with E-state index in [0.29, 0.717) is 5.92 Å². The van der Waals surface area contributed by atoms with Crippen LogP contribution in [0, 0.1) is 6.92 Å². The lowest BCUT2D eigenvalue weighted by Crippen LogP contribution is -1.90. The Morgan fingerprint density at radius 3 is 2.85 bits per heavy atom. The van der Waals surface area contributed by atoms with Gasteiger partial charge in [-0.2, -0.15) is 0 Å². The summed E-state index contributed by atoms with van der Waals surface area (Å²) in [5.41, 5.74) is 3.53. The predicted molar refractivity (Wildman–Crippen MR) is 57.0 cm³/mol. The molecule has 0 spiro atoms. The van der Waals surface area contributed by atoms with E-state index < -0.39 is 0 Å². The summed E-state index contributed by atoms with van der Waals surface area (Å²) >= 11 is 0. The minimum Gasteiger partial charge on any atom is -0.359 e. The molecule has 0 aliphatic heterocycles. The maximum absolute atomic E-state index is 4.40. The Labute approximate surface area is 79.5 Å².